The topological polar surface area (TPSA) is 39.1 Å². The Morgan fingerprint density at radius 1 is 1.62 bits per heavy atom. The molecule has 1 aromatic heterocycles. The molecule has 1 aromatic rings. The molecule has 0 amide bonds. The lowest BCUT2D eigenvalue weighted by atomic mass is 10.2. The van der Waals surface area contributed by atoms with E-state index in [1.807, 2.05) is 12.5 Å². The average molecular weight is 223 g/mol. The zero-order valence-electron chi connectivity index (χ0n) is 10.1. The highest BCUT2D eigenvalue weighted by Crippen LogP contribution is 2.39. The van der Waals surface area contributed by atoms with Gasteiger partial charge in [0.15, 0.2) is 0 Å². The molecule has 0 spiro atoms. The molecule has 90 valence electrons. The molecular formula is C12H21N3O. The van der Waals surface area contributed by atoms with Gasteiger partial charge in [-0.2, -0.15) is 0 Å². The van der Waals surface area contributed by atoms with Gasteiger partial charge in [-0.25, -0.2) is 4.98 Å². The third kappa shape index (κ3) is 2.83. The quantitative estimate of drug-likeness (QED) is 0.713. The summed E-state index contributed by atoms with van der Waals surface area (Å²) in [6, 6.07) is 0.599. The van der Waals surface area contributed by atoms with E-state index in [1.165, 1.54) is 18.5 Å². The van der Waals surface area contributed by atoms with E-state index in [2.05, 4.69) is 21.8 Å². The Bertz CT molecular complexity index is 320. The van der Waals surface area contributed by atoms with Gasteiger partial charge >= 0.3 is 0 Å². The van der Waals surface area contributed by atoms with E-state index in [0.717, 1.165) is 25.6 Å². The van der Waals surface area contributed by atoms with Gasteiger partial charge in [-0.15, -0.1) is 0 Å². The molecule has 1 saturated carbocycles. The van der Waals surface area contributed by atoms with E-state index < -0.39 is 0 Å². The van der Waals surface area contributed by atoms with E-state index >= 15 is 0 Å². The highest BCUT2D eigenvalue weighted by Gasteiger charge is 2.29. The Morgan fingerprint density at radius 2 is 2.44 bits per heavy atom. The van der Waals surface area contributed by atoms with Crippen molar-refractivity contribution in [2.75, 3.05) is 20.3 Å². The molecule has 4 nitrogen and oxygen atoms in total. The van der Waals surface area contributed by atoms with Crippen molar-refractivity contribution in [3.8, 4) is 0 Å². The van der Waals surface area contributed by atoms with Crippen LogP contribution in [0.2, 0.25) is 0 Å². The van der Waals surface area contributed by atoms with E-state index in [1.54, 1.807) is 7.11 Å². The van der Waals surface area contributed by atoms with Crippen molar-refractivity contribution in [3.05, 3.63) is 18.2 Å². The van der Waals surface area contributed by atoms with Crippen LogP contribution in [-0.4, -0.2) is 29.8 Å². The molecule has 1 fully saturated rings. The summed E-state index contributed by atoms with van der Waals surface area (Å²) in [5, 5.41) is 3.36. The number of rotatable bonds is 7. The third-order valence-corrected chi connectivity index (χ3v) is 3.28. The maximum atomic E-state index is 5.00. The average Bonchev–Trinajstić information content (AvgIpc) is 3.03. The van der Waals surface area contributed by atoms with E-state index in [9.17, 15) is 0 Å². The van der Waals surface area contributed by atoms with Crippen LogP contribution in [0.25, 0.3) is 0 Å². The zero-order chi connectivity index (χ0) is 11.4. The molecule has 16 heavy (non-hydrogen) atoms. The van der Waals surface area contributed by atoms with Crippen molar-refractivity contribution in [1.29, 1.82) is 0 Å². The van der Waals surface area contributed by atoms with Crippen LogP contribution in [0, 0.1) is 5.92 Å². The second-order valence-electron chi connectivity index (χ2n) is 4.54. The zero-order valence-corrected chi connectivity index (χ0v) is 10.1. The maximum Gasteiger partial charge on any atom is 0.0951 e. The number of hydrogen-bond acceptors (Lipinski definition) is 3. The molecule has 1 unspecified atom stereocenters. The summed E-state index contributed by atoms with van der Waals surface area (Å²) >= 11 is 0. The van der Waals surface area contributed by atoms with Gasteiger partial charge in [0.2, 0.25) is 0 Å². The first-order valence-electron chi connectivity index (χ1n) is 6.03. The molecule has 0 bridgehead atoms. The third-order valence-electron chi connectivity index (χ3n) is 3.28. The molecule has 1 heterocycles. The number of nitrogens with zero attached hydrogens (tertiary/aromatic N) is 2. The smallest absolute Gasteiger partial charge is 0.0951 e. The summed E-state index contributed by atoms with van der Waals surface area (Å²) in [5.74, 6) is 0.868. The molecule has 4 heteroatoms. The Balaban J connectivity index is 1.85. The summed E-state index contributed by atoms with van der Waals surface area (Å²) < 4.78 is 7.31. The second-order valence-corrected chi connectivity index (χ2v) is 4.54. The number of hydrogen-bond donors (Lipinski definition) is 1. The first kappa shape index (κ1) is 11.6. The van der Waals surface area contributed by atoms with Crippen LogP contribution >= 0.6 is 0 Å². The Kier molecular flexibility index (Phi) is 3.96. The number of methoxy groups -OCH3 is 1. The highest BCUT2D eigenvalue weighted by molar-refractivity contribution is 5.01. The largest absolute Gasteiger partial charge is 0.383 e. The van der Waals surface area contributed by atoms with Crippen LogP contribution in [0.3, 0.4) is 0 Å². The van der Waals surface area contributed by atoms with Crippen molar-refractivity contribution in [2.24, 2.45) is 5.92 Å². The normalized spacial score (nSPS) is 17.6. The van der Waals surface area contributed by atoms with Crippen molar-refractivity contribution >= 4 is 0 Å². The number of nitrogens with one attached hydrogen (secondary N) is 1. The summed E-state index contributed by atoms with van der Waals surface area (Å²) in [7, 11) is 1.72. The summed E-state index contributed by atoms with van der Waals surface area (Å²) in [5.41, 5.74) is 1.27. The van der Waals surface area contributed by atoms with Gasteiger partial charge in [-0.05, 0) is 25.7 Å². The minimum Gasteiger partial charge on any atom is -0.383 e. The molecule has 1 aliphatic rings. The van der Waals surface area contributed by atoms with Gasteiger partial charge in [0.05, 0.1) is 18.6 Å². The molecule has 1 N–H and O–H groups in total. The standard InChI is InChI=1S/C12H21N3O/c1-10(11-3-4-11)15-9-14-8-12(15)7-13-5-6-16-2/h8-11,13H,3-7H2,1-2H3. The van der Waals surface area contributed by atoms with E-state index in [4.69, 9.17) is 4.74 Å². The Labute approximate surface area is 97.0 Å². The fraction of sp³-hybridized carbons (Fsp3) is 0.750. The van der Waals surface area contributed by atoms with Crippen LogP contribution in [0.15, 0.2) is 12.5 Å². The van der Waals surface area contributed by atoms with Crippen molar-refractivity contribution in [2.45, 2.75) is 32.4 Å². The number of ether oxygens (including phenoxy) is 1. The molecule has 0 aliphatic heterocycles. The molecule has 2 rings (SSSR count). The SMILES string of the molecule is COCCNCc1cncn1C(C)C1CC1. The molecule has 0 aromatic carbocycles. The first-order chi connectivity index (χ1) is 7.83. The lowest BCUT2D eigenvalue weighted by Crippen LogP contribution is -2.21. The maximum absolute atomic E-state index is 5.00. The molecule has 0 radical (unpaired) electrons. The fourth-order valence-electron chi connectivity index (χ4n) is 2.03. The van der Waals surface area contributed by atoms with Crippen molar-refractivity contribution in [3.63, 3.8) is 0 Å². The number of imidazole rings is 1. The summed E-state index contributed by atoms with van der Waals surface area (Å²) in [6.45, 7) is 4.81. The minimum atomic E-state index is 0.599. The van der Waals surface area contributed by atoms with Crippen LogP contribution in [0.5, 0.6) is 0 Å². The first-order valence-corrected chi connectivity index (χ1v) is 6.03. The van der Waals surface area contributed by atoms with E-state index in [-0.39, 0.29) is 0 Å². The van der Waals surface area contributed by atoms with Gasteiger partial charge in [0.25, 0.3) is 0 Å². The molecule has 0 saturated heterocycles. The van der Waals surface area contributed by atoms with Gasteiger partial charge in [-0.3, -0.25) is 0 Å². The fourth-order valence-corrected chi connectivity index (χ4v) is 2.03. The van der Waals surface area contributed by atoms with Crippen LogP contribution in [0.1, 0.15) is 31.5 Å². The van der Waals surface area contributed by atoms with Crippen LogP contribution in [-0.2, 0) is 11.3 Å². The predicted octanol–water partition coefficient (Wildman–Crippen LogP) is 1.59. The van der Waals surface area contributed by atoms with Crippen LogP contribution in [0.4, 0.5) is 0 Å². The summed E-state index contributed by atoms with van der Waals surface area (Å²) in [6.07, 6.45) is 6.65. The van der Waals surface area contributed by atoms with Gasteiger partial charge in [0, 0.05) is 32.4 Å². The van der Waals surface area contributed by atoms with Gasteiger partial charge < -0.3 is 14.6 Å². The molecule has 1 atom stereocenters. The summed E-state index contributed by atoms with van der Waals surface area (Å²) in [4.78, 5) is 4.24. The van der Waals surface area contributed by atoms with Gasteiger partial charge in [-0.1, -0.05) is 0 Å². The van der Waals surface area contributed by atoms with Gasteiger partial charge in [0.1, 0.15) is 0 Å². The monoisotopic (exact) mass is 223 g/mol. The lowest BCUT2D eigenvalue weighted by Gasteiger charge is -2.16. The van der Waals surface area contributed by atoms with E-state index in [0.29, 0.717) is 6.04 Å². The number of aromatic nitrogens is 2. The van der Waals surface area contributed by atoms with Crippen molar-refractivity contribution < 1.29 is 4.74 Å². The predicted molar refractivity (Wildman–Crippen MR) is 63.2 cm³/mol. The Morgan fingerprint density at radius 3 is 3.12 bits per heavy atom. The second kappa shape index (κ2) is 5.46. The Hall–Kier alpha value is -0.870. The molecular weight excluding hydrogens is 202 g/mol. The lowest BCUT2D eigenvalue weighted by molar-refractivity contribution is 0.199. The molecule has 1 aliphatic carbocycles. The van der Waals surface area contributed by atoms with Crippen LogP contribution < -0.4 is 5.32 Å². The minimum absolute atomic E-state index is 0.599. The van der Waals surface area contributed by atoms with Crippen molar-refractivity contribution in [1.82, 2.24) is 14.9 Å². The highest BCUT2D eigenvalue weighted by atomic mass is 16.5.